The first-order chi connectivity index (χ1) is 12.6. The molecule has 8 heteroatoms. The molecule has 0 spiro atoms. The predicted molar refractivity (Wildman–Crippen MR) is 99.6 cm³/mol. The standard InChI is InChI=1S/C18H18N2O5S/c21-11-15-6-7-17(16(10-15)20(23)24)25-12-18(22)19-8-9-26-13-14-4-2-1-3-5-14/h1-7,10-11H,8-9,12-13H2,(H,19,22). The predicted octanol–water partition coefficient (Wildman–Crippen LogP) is 2.84. The molecule has 2 aromatic rings. The maximum Gasteiger partial charge on any atom is 0.311 e. The Morgan fingerprint density at radius 2 is 2.00 bits per heavy atom. The molecule has 0 aliphatic rings. The molecule has 0 unspecified atom stereocenters. The molecule has 2 rings (SSSR count). The van der Waals surface area contributed by atoms with Gasteiger partial charge in [0.15, 0.2) is 12.4 Å². The van der Waals surface area contributed by atoms with E-state index in [1.807, 2.05) is 30.3 Å². The number of nitro groups is 1. The number of nitrogens with one attached hydrogen (secondary N) is 1. The second kappa shape index (κ2) is 10.2. The molecule has 26 heavy (non-hydrogen) atoms. The average molecular weight is 374 g/mol. The van der Waals surface area contributed by atoms with Gasteiger partial charge in [-0.1, -0.05) is 30.3 Å². The van der Waals surface area contributed by atoms with E-state index < -0.39 is 4.92 Å². The van der Waals surface area contributed by atoms with E-state index >= 15 is 0 Å². The van der Waals surface area contributed by atoms with Crippen LogP contribution < -0.4 is 10.1 Å². The van der Waals surface area contributed by atoms with Gasteiger partial charge in [0.05, 0.1) is 4.92 Å². The lowest BCUT2D eigenvalue weighted by atomic mass is 10.2. The van der Waals surface area contributed by atoms with Gasteiger partial charge in [0.1, 0.15) is 6.29 Å². The molecule has 0 bridgehead atoms. The zero-order valence-corrected chi connectivity index (χ0v) is 14.7. The van der Waals surface area contributed by atoms with Gasteiger partial charge >= 0.3 is 5.69 Å². The van der Waals surface area contributed by atoms with Crippen LogP contribution in [-0.4, -0.2) is 36.0 Å². The van der Waals surface area contributed by atoms with Crippen molar-refractivity contribution in [3.05, 3.63) is 69.8 Å². The summed E-state index contributed by atoms with van der Waals surface area (Å²) in [5.41, 5.74) is 1.04. The molecule has 1 N–H and O–H groups in total. The molecule has 1 amide bonds. The molecule has 0 radical (unpaired) electrons. The number of amides is 1. The summed E-state index contributed by atoms with van der Waals surface area (Å²) in [6, 6.07) is 13.8. The van der Waals surface area contributed by atoms with E-state index in [-0.39, 0.29) is 29.5 Å². The Balaban J connectivity index is 1.71. The van der Waals surface area contributed by atoms with Crippen molar-refractivity contribution in [2.45, 2.75) is 5.75 Å². The second-order valence-corrected chi connectivity index (χ2v) is 6.38. The van der Waals surface area contributed by atoms with E-state index in [9.17, 15) is 19.7 Å². The van der Waals surface area contributed by atoms with E-state index in [0.29, 0.717) is 12.8 Å². The minimum atomic E-state index is -0.652. The summed E-state index contributed by atoms with van der Waals surface area (Å²) in [6.45, 7) is 0.149. The largest absolute Gasteiger partial charge is 0.477 e. The van der Waals surface area contributed by atoms with Crippen molar-refractivity contribution < 1.29 is 19.2 Å². The van der Waals surface area contributed by atoms with Crippen LogP contribution in [0.15, 0.2) is 48.5 Å². The van der Waals surface area contributed by atoms with Crippen LogP contribution in [0, 0.1) is 10.1 Å². The van der Waals surface area contributed by atoms with E-state index in [1.54, 1.807) is 11.8 Å². The lowest BCUT2D eigenvalue weighted by Gasteiger charge is -2.08. The van der Waals surface area contributed by atoms with Gasteiger partial charge in [-0.2, -0.15) is 11.8 Å². The minimum absolute atomic E-state index is 0.0470. The summed E-state index contributed by atoms with van der Waals surface area (Å²) in [5.74, 6) is 1.20. The summed E-state index contributed by atoms with van der Waals surface area (Å²) >= 11 is 1.70. The SMILES string of the molecule is O=Cc1ccc(OCC(=O)NCCSCc2ccccc2)c([N+](=O)[O-])c1. The lowest BCUT2D eigenvalue weighted by molar-refractivity contribution is -0.385. The number of carbonyl (C=O) groups is 2. The second-order valence-electron chi connectivity index (χ2n) is 5.28. The maximum atomic E-state index is 11.8. The first kappa shape index (κ1) is 19.5. The van der Waals surface area contributed by atoms with Crippen molar-refractivity contribution in [3.63, 3.8) is 0 Å². The Hall–Kier alpha value is -2.87. The third kappa shape index (κ3) is 6.21. The Labute approximate surface area is 154 Å². The van der Waals surface area contributed by atoms with Gasteiger partial charge in [-0.15, -0.1) is 0 Å². The quantitative estimate of drug-likeness (QED) is 0.297. The molecule has 0 aliphatic heterocycles. The van der Waals surface area contributed by atoms with Crippen LogP contribution in [0.4, 0.5) is 5.69 Å². The molecule has 0 heterocycles. The van der Waals surface area contributed by atoms with Gasteiger partial charge in [-0.05, 0) is 17.7 Å². The van der Waals surface area contributed by atoms with Crippen LogP contribution in [0.5, 0.6) is 5.75 Å². The number of carbonyl (C=O) groups excluding carboxylic acids is 2. The average Bonchev–Trinajstić information content (AvgIpc) is 2.66. The molecule has 0 fully saturated rings. The third-order valence-electron chi connectivity index (χ3n) is 3.35. The van der Waals surface area contributed by atoms with Crippen molar-refractivity contribution in [2.75, 3.05) is 18.9 Å². The van der Waals surface area contributed by atoms with Crippen molar-refractivity contribution in [1.29, 1.82) is 0 Å². The highest BCUT2D eigenvalue weighted by Crippen LogP contribution is 2.27. The summed E-state index contributed by atoms with van der Waals surface area (Å²) in [6.07, 6.45) is 0.511. The van der Waals surface area contributed by atoms with Crippen LogP contribution in [0.1, 0.15) is 15.9 Å². The highest BCUT2D eigenvalue weighted by Gasteiger charge is 2.17. The van der Waals surface area contributed by atoms with Crippen molar-refractivity contribution in [3.8, 4) is 5.75 Å². The number of rotatable bonds is 10. The van der Waals surface area contributed by atoms with Gasteiger partial charge < -0.3 is 10.1 Å². The smallest absolute Gasteiger partial charge is 0.311 e. The Kier molecular flexibility index (Phi) is 7.63. The van der Waals surface area contributed by atoms with Crippen molar-refractivity contribution >= 4 is 29.6 Å². The van der Waals surface area contributed by atoms with Gasteiger partial charge in [-0.3, -0.25) is 19.7 Å². The van der Waals surface area contributed by atoms with Crippen molar-refractivity contribution in [1.82, 2.24) is 5.32 Å². The van der Waals surface area contributed by atoms with E-state index in [0.717, 1.165) is 17.6 Å². The van der Waals surface area contributed by atoms with E-state index in [2.05, 4.69) is 5.32 Å². The topological polar surface area (TPSA) is 98.5 Å². The summed E-state index contributed by atoms with van der Waals surface area (Å²) in [7, 11) is 0. The van der Waals surface area contributed by atoms with E-state index in [1.165, 1.54) is 17.7 Å². The fraction of sp³-hybridized carbons (Fsp3) is 0.222. The lowest BCUT2D eigenvalue weighted by Crippen LogP contribution is -2.30. The maximum absolute atomic E-state index is 11.8. The van der Waals surface area contributed by atoms with Gasteiger partial charge in [0, 0.05) is 29.7 Å². The van der Waals surface area contributed by atoms with Gasteiger partial charge in [-0.25, -0.2) is 0 Å². The molecule has 0 saturated heterocycles. The molecule has 0 aliphatic carbocycles. The van der Waals surface area contributed by atoms with Crippen LogP contribution in [-0.2, 0) is 10.5 Å². The van der Waals surface area contributed by atoms with Crippen LogP contribution in [0.25, 0.3) is 0 Å². The van der Waals surface area contributed by atoms with Crippen LogP contribution >= 0.6 is 11.8 Å². The Morgan fingerprint density at radius 1 is 1.23 bits per heavy atom. The van der Waals surface area contributed by atoms with Gasteiger partial charge in [0.25, 0.3) is 5.91 Å². The van der Waals surface area contributed by atoms with Gasteiger partial charge in [0.2, 0.25) is 0 Å². The number of nitrogens with zero attached hydrogens (tertiary/aromatic N) is 1. The third-order valence-corrected chi connectivity index (χ3v) is 4.38. The van der Waals surface area contributed by atoms with Crippen LogP contribution in [0.2, 0.25) is 0 Å². The summed E-state index contributed by atoms with van der Waals surface area (Å²) < 4.78 is 5.21. The monoisotopic (exact) mass is 374 g/mol. The first-order valence-electron chi connectivity index (χ1n) is 7.85. The number of nitro benzene ring substituents is 1. The number of ether oxygens (including phenoxy) is 1. The zero-order valence-electron chi connectivity index (χ0n) is 13.9. The normalized spacial score (nSPS) is 10.2. The number of benzene rings is 2. The number of thioether (sulfide) groups is 1. The highest BCUT2D eigenvalue weighted by molar-refractivity contribution is 7.98. The molecular formula is C18H18N2O5S. The van der Waals surface area contributed by atoms with E-state index in [4.69, 9.17) is 4.74 Å². The fourth-order valence-electron chi connectivity index (χ4n) is 2.09. The molecule has 7 nitrogen and oxygen atoms in total. The number of aldehydes is 1. The Bertz CT molecular complexity index is 767. The number of hydrogen-bond donors (Lipinski definition) is 1. The Morgan fingerprint density at radius 3 is 2.69 bits per heavy atom. The first-order valence-corrected chi connectivity index (χ1v) is 9.00. The molecular weight excluding hydrogens is 356 g/mol. The van der Waals surface area contributed by atoms with Crippen molar-refractivity contribution in [2.24, 2.45) is 0 Å². The summed E-state index contributed by atoms with van der Waals surface area (Å²) in [5, 5.41) is 13.7. The van der Waals surface area contributed by atoms with Crippen LogP contribution in [0.3, 0.4) is 0 Å². The summed E-state index contributed by atoms with van der Waals surface area (Å²) in [4.78, 5) is 32.8. The molecule has 0 saturated carbocycles. The molecule has 2 aromatic carbocycles. The fourth-order valence-corrected chi connectivity index (χ4v) is 2.91. The zero-order chi connectivity index (χ0) is 18.8. The molecule has 0 atom stereocenters. The molecule has 136 valence electrons. The number of hydrogen-bond acceptors (Lipinski definition) is 6. The molecule has 0 aromatic heterocycles. The highest BCUT2D eigenvalue weighted by atomic mass is 32.2. The minimum Gasteiger partial charge on any atom is -0.477 e.